The maximum absolute atomic E-state index is 11.7. The molecule has 1 unspecified atom stereocenters. The lowest BCUT2D eigenvalue weighted by molar-refractivity contribution is 0.0269. The van der Waals surface area contributed by atoms with E-state index in [1.54, 1.807) is 6.08 Å². The van der Waals surface area contributed by atoms with E-state index < -0.39 is 6.16 Å². The van der Waals surface area contributed by atoms with Gasteiger partial charge in [0.05, 0.1) is 5.69 Å². The second-order valence-electron chi connectivity index (χ2n) is 4.17. The summed E-state index contributed by atoms with van der Waals surface area (Å²) in [5, 5.41) is 1.82. The van der Waals surface area contributed by atoms with Gasteiger partial charge in [-0.3, -0.25) is 4.84 Å². The Bertz CT molecular complexity index is 478. The number of ether oxygens (including phenoxy) is 1. The highest BCUT2D eigenvalue weighted by atomic mass is 32.1. The van der Waals surface area contributed by atoms with Crippen molar-refractivity contribution in [3.63, 3.8) is 0 Å². The molecule has 0 spiro atoms. The van der Waals surface area contributed by atoms with Crippen LogP contribution in [0.4, 0.5) is 4.79 Å². The topological polar surface area (TPSA) is 40.5 Å². The van der Waals surface area contributed by atoms with E-state index in [1.807, 2.05) is 12.3 Å². The van der Waals surface area contributed by atoms with Gasteiger partial charge in [-0.2, -0.15) is 4.73 Å². The normalized spacial score (nSPS) is 11.9. The number of rotatable bonds is 7. The van der Waals surface area contributed by atoms with Crippen LogP contribution in [0, 0.1) is 10.9 Å². The minimum absolute atomic E-state index is 0.313. The monoisotopic (exact) mass is 301 g/mol. The fraction of sp³-hybridized carbons (Fsp3) is 0.538. The third kappa shape index (κ3) is 5.16. The van der Waals surface area contributed by atoms with Gasteiger partial charge in [0, 0.05) is 5.38 Å². The van der Waals surface area contributed by atoms with Gasteiger partial charge in [0.25, 0.3) is 0 Å². The number of thiazole rings is 1. The minimum Gasteiger partial charge on any atom is -0.425 e. The van der Waals surface area contributed by atoms with Crippen molar-refractivity contribution in [3.8, 4) is 0 Å². The van der Waals surface area contributed by atoms with E-state index in [4.69, 9.17) is 21.8 Å². The Labute approximate surface area is 122 Å². The van der Waals surface area contributed by atoms with Gasteiger partial charge in [-0.05, 0) is 32.0 Å². The highest BCUT2D eigenvalue weighted by molar-refractivity contribution is 7.73. The van der Waals surface area contributed by atoms with Crippen LogP contribution < -0.4 is 4.84 Å². The summed E-state index contributed by atoms with van der Waals surface area (Å²) in [7, 11) is 0. The quantitative estimate of drug-likeness (QED) is 0.326. The zero-order valence-corrected chi connectivity index (χ0v) is 12.9. The Morgan fingerprint density at radius 3 is 2.89 bits per heavy atom. The lowest BCUT2D eigenvalue weighted by atomic mass is 10.1. The Morgan fingerprint density at radius 2 is 2.37 bits per heavy atom. The molecule has 0 saturated heterocycles. The van der Waals surface area contributed by atoms with E-state index in [2.05, 4.69) is 13.5 Å². The van der Waals surface area contributed by atoms with Gasteiger partial charge in [-0.15, -0.1) is 11.3 Å². The van der Waals surface area contributed by atoms with Crippen molar-refractivity contribution in [2.45, 2.75) is 45.6 Å². The van der Waals surface area contributed by atoms with Crippen LogP contribution >= 0.6 is 23.6 Å². The highest BCUT2D eigenvalue weighted by Crippen LogP contribution is 2.10. The van der Waals surface area contributed by atoms with Crippen LogP contribution in [-0.2, 0) is 4.74 Å². The van der Waals surface area contributed by atoms with E-state index in [-0.39, 0.29) is 6.10 Å². The zero-order chi connectivity index (χ0) is 14.3. The van der Waals surface area contributed by atoms with Crippen molar-refractivity contribution < 1.29 is 14.4 Å². The molecule has 106 valence electrons. The van der Waals surface area contributed by atoms with Crippen LogP contribution in [-0.4, -0.2) is 17.0 Å². The molecule has 19 heavy (non-hydrogen) atoms. The first-order chi connectivity index (χ1) is 9.08. The lowest BCUT2D eigenvalue weighted by Crippen LogP contribution is -2.25. The summed E-state index contributed by atoms with van der Waals surface area (Å²) in [6.45, 7) is 7.60. The summed E-state index contributed by atoms with van der Waals surface area (Å²) < 4.78 is 6.97. The Kier molecular flexibility index (Phi) is 6.80. The summed E-state index contributed by atoms with van der Waals surface area (Å²) in [6, 6.07) is 0. The van der Waals surface area contributed by atoms with E-state index in [1.165, 1.54) is 16.1 Å². The van der Waals surface area contributed by atoms with E-state index in [0.29, 0.717) is 3.95 Å². The van der Waals surface area contributed by atoms with Gasteiger partial charge >= 0.3 is 6.16 Å². The average Bonchev–Trinajstić information content (AvgIpc) is 2.69. The molecule has 0 saturated carbocycles. The van der Waals surface area contributed by atoms with Gasteiger partial charge < -0.3 is 4.74 Å². The molecule has 4 nitrogen and oxygen atoms in total. The Morgan fingerprint density at radius 1 is 1.63 bits per heavy atom. The van der Waals surface area contributed by atoms with Gasteiger partial charge in [0.15, 0.2) is 3.95 Å². The first-order valence-electron chi connectivity index (χ1n) is 6.27. The standard InChI is InChI=1S/C13H19NO3S2/c1-4-6-7-8-11(5-2)16-13(15)17-14-10(3)9-19-12(14)18/h5,9,11H,2,4,6-8H2,1,3H3. The predicted molar refractivity (Wildman–Crippen MR) is 79.1 cm³/mol. The fourth-order valence-corrected chi connectivity index (χ4v) is 2.49. The first kappa shape index (κ1) is 15.9. The molecule has 0 bridgehead atoms. The number of carbonyl (C=O) groups excluding carboxylic acids is 1. The molecular weight excluding hydrogens is 282 g/mol. The molecule has 0 N–H and O–H groups in total. The maximum atomic E-state index is 11.7. The van der Waals surface area contributed by atoms with E-state index >= 15 is 0 Å². The smallest absolute Gasteiger partial charge is 0.425 e. The van der Waals surface area contributed by atoms with Crippen LogP contribution in [0.3, 0.4) is 0 Å². The molecule has 1 heterocycles. The third-order valence-corrected chi connectivity index (χ3v) is 3.87. The number of hydrogen-bond donors (Lipinski definition) is 0. The Hall–Kier alpha value is -1.14. The number of carbonyl (C=O) groups is 1. The van der Waals surface area contributed by atoms with E-state index in [0.717, 1.165) is 31.4 Å². The second kappa shape index (κ2) is 8.12. The molecule has 0 aliphatic heterocycles. The van der Waals surface area contributed by atoms with Gasteiger partial charge in [0.1, 0.15) is 6.10 Å². The minimum atomic E-state index is -0.751. The molecule has 1 aromatic heterocycles. The van der Waals surface area contributed by atoms with Crippen LogP contribution in [0.15, 0.2) is 18.0 Å². The van der Waals surface area contributed by atoms with Crippen molar-refractivity contribution in [2.24, 2.45) is 0 Å². The van der Waals surface area contributed by atoms with E-state index in [9.17, 15) is 4.79 Å². The molecule has 0 fully saturated rings. The molecule has 0 aromatic carbocycles. The van der Waals surface area contributed by atoms with Crippen molar-refractivity contribution in [3.05, 3.63) is 27.7 Å². The summed E-state index contributed by atoms with van der Waals surface area (Å²) >= 11 is 6.39. The highest BCUT2D eigenvalue weighted by Gasteiger charge is 2.14. The SMILES string of the molecule is C=CC(CCCCC)OC(=O)On1c(C)csc1=S. The molecule has 0 aliphatic rings. The van der Waals surface area contributed by atoms with Crippen LogP contribution in [0.5, 0.6) is 0 Å². The molecule has 1 rings (SSSR count). The first-order valence-corrected chi connectivity index (χ1v) is 7.56. The summed E-state index contributed by atoms with van der Waals surface area (Å²) in [4.78, 5) is 16.7. The second-order valence-corrected chi connectivity index (χ2v) is 5.67. The maximum Gasteiger partial charge on any atom is 0.534 e. The van der Waals surface area contributed by atoms with Crippen LogP contribution in [0.25, 0.3) is 0 Å². The molecule has 6 heteroatoms. The number of unbranched alkanes of at least 4 members (excludes halogenated alkanes) is 2. The van der Waals surface area contributed by atoms with Crippen molar-refractivity contribution >= 4 is 29.7 Å². The summed E-state index contributed by atoms with van der Waals surface area (Å²) in [5.74, 6) is 0. The van der Waals surface area contributed by atoms with Crippen LogP contribution in [0.1, 0.15) is 38.3 Å². The van der Waals surface area contributed by atoms with Crippen molar-refractivity contribution in [1.82, 2.24) is 4.73 Å². The molecule has 1 aromatic rings. The van der Waals surface area contributed by atoms with Gasteiger partial charge in [-0.1, -0.05) is 32.4 Å². The largest absolute Gasteiger partial charge is 0.534 e. The molecule has 0 amide bonds. The number of aromatic nitrogens is 1. The molecule has 1 atom stereocenters. The van der Waals surface area contributed by atoms with Crippen molar-refractivity contribution in [1.29, 1.82) is 0 Å². The number of nitrogens with zero attached hydrogens (tertiary/aromatic N) is 1. The third-order valence-electron chi connectivity index (χ3n) is 2.58. The van der Waals surface area contributed by atoms with Gasteiger partial charge in [0.2, 0.25) is 0 Å². The zero-order valence-electron chi connectivity index (χ0n) is 11.3. The predicted octanol–water partition coefficient (Wildman–Crippen LogP) is 4.29. The molecule has 0 radical (unpaired) electrons. The number of aryl methyl sites for hydroxylation is 1. The molecule has 0 aliphatic carbocycles. The average molecular weight is 301 g/mol. The fourth-order valence-electron chi connectivity index (χ4n) is 1.52. The molecular formula is C13H19NO3S2. The summed E-state index contributed by atoms with van der Waals surface area (Å²) in [6.07, 6.45) is 4.55. The Balaban J connectivity index is 2.49. The van der Waals surface area contributed by atoms with Crippen molar-refractivity contribution in [2.75, 3.05) is 0 Å². The lowest BCUT2D eigenvalue weighted by Gasteiger charge is -2.13. The number of hydrogen-bond acceptors (Lipinski definition) is 5. The summed E-state index contributed by atoms with van der Waals surface area (Å²) in [5.41, 5.74) is 0.771. The van der Waals surface area contributed by atoms with Crippen LogP contribution in [0.2, 0.25) is 0 Å². The van der Waals surface area contributed by atoms with Gasteiger partial charge in [-0.25, -0.2) is 4.79 Å².